The Morgan fingerprint density at radius 1 is 1.10 bits per heavy atom. The van der Waals surface area contributed by atoms with Gasteiger partial charge in [0.2, 0.25) is 5.91 Å². The second-order valence-corrected chi connectivity index (χ2v) is 8.08. The van der Waals surface area contributed by atoms with Crippen molar-refractivity contribution in [1.29, 1.82) is 0 Å². The Morgan fingerprint density at radius 2 is 1.83 bits per heavy atom. The highest BCUT2D eigenvalue weighted by Crippen LogP contribution is 2.29. The van der Waals surface area contributed by atoms with E-state index in [4.69, 9.17) is 16.0 Å². The summed E-state index contributed by atoms with van der Waals surface area (Å²) in [6.07, 6.45) is 3.25. The molecule has 6 nitrogen and oxygen atoms in total. The molecule has 1 N–H and O–H groups in total. The normalized spacial score (nSPS) is 15.5. The molecule has 1 aliphatic rings. The summed E-state index contributed by atoms with van der Waals surface area (Å²) in [6, 6.07) is 15.2. The molecule has 1 atom stereocenters. The maximum atomic E-state index is 12.5. The van der Waals surface area contributed by atoms with E-state index in [1.807, 2.05) is 42.5 Å². The molecule has 1 fully saturated rings. The fourth-order valence-corrected chi connectivity index (χ4v) is 4.42. The molecule has 0 aliphatic carbocycles. The van der Waals surface area contributed by atoms with E-state index in [9.17, 15) is 9.59 Å². The third-order valence-electron chi connectivity index (χ3n) is 5.70. The van der Waals surface area contributed by atoms with Crippen LogP contribution in [0.5, 0.6) is 0 Å². The maximum absolute atomic E-state index is 12.5. The highest BCUT2D eigenvalue weighted by atomic mass is 35.5. The SMILES string of the molecule is O=C(CCCn1c(=O)oc2ccccc21)NC[C@H](c1ccccc1Cl)N1CCCC1. The molecule has 1 amide bonds. The molecular weight excluding hydrogens is 402 g/mol. The molecule has 7 heteroatoms. The molecule has 30 heavy (non-hydrogen) atoms. The zero-order valence-corrected chi connectivity index (χ0v) is 17.6. The van der Waals surface area contributed by atoms with Crippen LogP contribution in [0.25, 0.3) is 11.1 Å². The topological polar surface area (TPSA) is 67.5 Å². The Hall–Kier alpha value is -2.57. The summed E-state index contributed by atoms with van der Waals surface area (Å²) in [6.45, 7) is 3.00. The molecule has 2 heterocycles. The van der Waals surface area contributed by atoms with E-state index in [2.05, 4.69) is 10.2 Å². The summed E-state index contributed by atoms with van der Waals surface area (Å²) in [5.74, 6) is -0.406. The lowest BCUT2D eigenvalue weighted by atomic mass is 10.1. The summed E-state index contributed by atoms with van der Waals surface area (Å²) in [5, 5.41) is 3.80. The van der Waals surface area contributed by atoms with Gasteiger partial charge in [-0.1, -0.05) is 41.9 Å². The second kappa shape index (κ2) is 9.49. The number of oxazole rings is 1. The quantitative estimate of drug-likeness (QED) is 0.590. The van der Waals surface area contributed by atoms with Crippen LogP contribution in [0.3, 0.4) is 0 Å². The van der Waals surface area contributed by atoms with E-state index in [0.717, 1.165) is 29.2 Å². The Morgan fingerprint density at radius 3 is 2.63 bits per heavy atom. The van der Waals surface area contributed by atoms with Gasteiger partial charge in [-0.25, -0.2) is 4.79 Å². The molecule has 0 spiro atoms. The fourth-order valence-electron chi connectivity index (χ4n) is 4.16. The number of hydrogen-bond acceptors (Lipinski definition) is 4. The van der Waals surface area contributed by atoms with Crippen molar-refractivity contribution >= 4 is 28.6 Å². The number of rotatable bonds is 8. The van der Waals surface area contributed by atoms with Gasteiger partial charge < -0.3 is 9.73 Å². The van der Waals surface area contributed by atoms with Crippen LogP contribution in [0.2, 0.25) is 5.02 Å². The van der Waals surface area contributed by atoms with Crippen LogP contribution in [0.15, 0.2) is 57.7 Å². The van der Waals surface area contributed by atoms with Crippen LogP contribution in [0.1, 0.15) is 37.3 Å². The van der Waals surface area contributed by atoms with E-state index >= 15 is 0 Å². The van der Waals surface area contributed by atoms with Crippen molar-refractivity contribution < 1.29 is 9.21 Å². The minimum absolute atomic E-state index is 0.0212. The van der Waals surface area contributed by atoms with Crippen LogP contribution < -0.4 is 11.1 Å². The molecule has 0 saturated carbocycles. The minimum Gasteiger partial charge on any atom is -0.408 e. The molecule has 0 bridgehead atoms. The molecule has 0 unspecified atom stereocenters. The number of aromatic nitrogens is 1. The van der Waals surface area contributed by atoms with Crippen LogP contribution in [-0.4, -0.2) is 35.0 Å². The summed E-state index contributed by atoms with van der Waals surface area (Å²) in [7, 11) is 0. The summed E-state index contributed by atoms with van der Waals surface area (Å²) < 4.78 is 6.82. The summed E-state index contributed by atoms with van der Waals surface area (Å²) >= 11 is 6.44. The Bertz CT molecular complexity index is 1070. The first-order valence-corrected chi connectivity index (χ1v) is 10.8. The number of fused-ring (bicyclic) bond motifs is 1. The van der Waals surface area contributed by atoms with Gasteiger partial charge >= 0.3 is 5.76 Å². The molecule has 4 rings (SSSR count). The van der Waals surface area contributed by atoms with E-state index < -0.39 is 0 Å². The molecule has 1 aromatic heterocycles. The van der Waals surface area contributed by atoms with Crippen LogP contribution in [0.4, 0.5) is 0 Å². The molecule has 2 aromatic carbocycles. The van der Waals surface area contributed by atoms with Crippen molar-refractivity contribution in [3.05, 3.63) is 69.7 Å². The number of nitrogens with one attached hydrogen (secondary N) is 1. The highest BCUT2D eigenvalue weighted by molar-refractivity contribution is 6.31. The first kappa shape index (κ1) is 20.7. The largest absolute Gasteiger partial charge is 0.419 e. The number of carbonyl (C=O) groups is 1. The Kier molecular flexibility index (Phi) is 6.55. The monoisotopic (exact) mass is 427 g/mol. The Labute approximate surface area is 180 Å². The first-order valence-electron chi connectivity index (χ1n) is 10.5. The zero-order chi connectivity index (χ0) is 20.9. The van der Waals surface area contributed by atoms with Crippen LogP contribution in [0, 0.1) is 0 Å². The zero-order valence-electron chi connectivity index (χ0n) is 16.9. The van der Waals surface area contributed by atoms with E-state index in [-0.39, 0.29) is 17.7 Å². The number of para-hydroxylation sites is 2. The lowest BCUT2D eigenvalue weighted by molar-refractivity contribution is -0.121. The smallest absolute Gasteiger partial charge is 0.408 e. The van der Waals surface area contributed by atoms with E-state index in [1.165, 1.54) is 12.8 Å². The minimum atomic E-state index is -0.385. The van der Waals surface area contributed by atoms with Crippen molar-refractivity contribution in [2.75, 3.05) is 19.6 Å². The number of carbonyl (C=O) groups excluding carboxylic acids is 1. The first-order chi connectivity index (χ1) is 14.6. The lowest BCUT2D eigenvalue weighted by Gasteiger charge is -2.29. The molecule has 1 aliphatic heterocycles. The van der Waals surface area contributed by atoms with Crippen molar-refractivity contribution in [3.63, 3.8) is 0 Å². The van der Waals surface area contributed by atoms with Gasteiger partial charge in [-0.3, -0.25) is 14.3 Å². The van der Waals surface area contributed by atoms with Crippen molar-refractivity contribution in [2.24, 2.45) is 0 Å². The van der Waals surface area contributed by atoms with Gasteiger partial charge in [0.05, 0.1) is 11.6 Å². The van der Waals surface area contributed by atoms with Gasteiger partial charge in [0.1, 0.15) is 0 Å². The van der Waals surface area contributed by atoms with Crippen LogP contribution in [-0.2, 0) is 11.3 Å². The number of likely N-dealkylation sites (tertiary alicyclic amines) is 1. The van der Waals surface area contributed by atoms with Crippen molar-refractivity contribution in [2.45, 2.75) is 38.3 Å². The molecule has 3 aromatic rings. The fraction of sp³-hybridized carbons (Fsp3) is 0.391. The highest BCUT2D eigenvalue weighted by Gasteiger charge is 2.25. The number of amides is 1. The summed E-state index contributed by atoms with van der Waals surface area (Å²) in [4.78, 5) is 26.9. The van der Waals surface area contributed by atoms with Gasteiger partial charge in [0, 0.05) is 24.5 Å². The number of aryl methyl sites for hydroxylation is 1. The molecule has 1 saturated heterocycles. The standard InChI is InChI=1S/C23H26ClN3O3/c24-18-9-2-1-8-17(18)20(26-13-5-6-14-26)16-25-22(28)12-7-15-27-19-10-3-4-11-21(19)30-23(27)29/h1-4,8-11,20H,5-7,12-16H2,(H,25,28)/t20-/m1/s1. The van der Waals surface area contributed by atoms with Crippen LogP contribution >= 0.6 is 11.6 Å². The Balaban J connectivity index is 1.34. The molecule has 158 valence electrons. The average molecular weight is 428 g/mol. The number of halogens is 1. The van der Waals surface area contributed by atoms with Crippen molar-refractivity contribution in [3.8, 4) is 0 Å². The number of nitrogens with zero attached hydrogens (tertiary/aromatic N) is 2. The predicted molar refractivity (Wildman–Crippen MR) is 118 cm³/mol. The average Bonchev–Trinajstić information content (AvgIpc) is 3.38. The van der Waals surface area contributed by atoms with Gasteiger partial charge in [-0.2, -0.15) is 0 Å². The van der Waals surface area contributed by atoms with E-state index in [1.54, 1.807) is 10.6 Å². The number of hydrogen-bond donors (Lipinski definition) is 1. The number of benzene rings is 2. The third-order valence-corrected chi connectivity index (χ3v) is 6.04. The predicted octanol–water partition coefficient (Wildman–Crippen LogP) is 3.98. The molecular formula is C23H26ClN3O3. The van der Waals surface area contributed by atoms with Gasteiger partial charge in [0.25, 0.3) is 0 Å². The second-order valence-electron chi connectivity index (χ2n) is 7.68. The molecule has 0 radical (unpaired) electrons. The van der Waals surface area contributed by atoms with Gasteiger partial charge in [-0.05, 0) is 56.1 Å². The maximum Gasteiger partial charge on any atom is 0.419 e. The van der Waals surface area contributed by atoms with Gasteiger partial charge in [0.15, 0.2) is 5.58 Å². The van der Waals surface area contributed by atoms with Gasteiger partial charge in [-0.15, -0.1) is 0 Å². The lowest BCUT2D eigenvalue weighted by Crippen LogP contribution is -2.37. The summed E-state index contributed by atoms with van der Waals surface area (Å²) in [5.41, 5.74) is 2.38. The third kappa shape index (κ3) is 4.60. The van der Waals surface area contributed by atoms with Crippen molar-refractivity contribution in [1.82, 2.24) is 14.8 Å². The van der Waals surface area contributed by atoms with E-state index in [0.29, 0.717) is 31.5 Å².